The molecule has 0 saturated carbocycles. The fourth-order valence-corrected chi connectivity index (χ4v) is 3.80. The van der Waals surface area contributed by atoms with Crippen molar-refractivity contribution in [1.82, 2.24) is 9.38 Å². The van der Waals surface area contributed by atoms with Crippen LogP contribution in [-0.4, -0.2) is 15.4 Å². The van der Waals surface area contributed by atoms with E-state index in [1.165, 1.54) is 6.07 Å². The number of imidazole rings is 1. The molecular weight excluding hydrogens is 432 g/mol. The Morgan fingerprint density at radius 2 is 1.82 bits per heavy atom. The van der Waals surface area contributed by atoms with Gasteiger partial charge in [0.15, 0.2) is 0 Å². The van der Waals surface area contributed by atoms with Gasteiger partial charge < -0.3 is 18.3 Å². The van der Waals surface area contributed by atoms with Gasteiger partial charge in [0.25, 0.3) is 0 Å². The molecule has 0 fully saturated rings. The van der Waals surface area contributed by atoms with Gasteiger partial charge in [0.05, 0.1) is 11.3 Å². The predicted molar refractivity (Wildman–Crippen MR) is 127 cm³/mol. The lowest BCUT2D eigenvalue weighted by molar-refractivity contribution is 0.0468. The number of ether oxygens (including phenoxy) is 2. The minimum absolute atomic E-state index is 0.0996. The smallest absolute Gasteiger partial charge is 0.338 e. The second kappa shape index (κ2) is 8.86. The Bertz CT molecular complexity index is 1560. The summed E-state index contributed by atoms with van der Waals surface area (Å²) in [7, 11) is 0. The normalized spacial score (nSPS) is 11.1. The van der Waals surface area contributed by atoms with Crippen molar-refractivity contribution in [1.29, 1.82) is 0 Å². The number of esters is 1. The van der Waals surface area contributed by atoms with Crippen LogP contribution >= 0.6 is 0 Å². The van der Waals surface area contributed by atoms with Gasteiger partial charge in [-0.1, -0.05) is 18.2 Å². The van der Waals surface area contributed by atoms with E-state index in [4.69, 9.17) is 13.9 Å². The minimum atomic E-state index is -0.416. The SMILES string of the molecule is Cc1cc(=O)oc2cc(OCc3ccc(C(=O)OCc4cn5cccc(C)c5n4)cc3)ccc12. The highest BCUT2D eigenvalue weighted by Gasteiger charge is 2.10. The lowest BCUT2D eigenvalue weighted by atomic mass is 10.1. The number of fused-ring (bicyclic) bond motifs is 2. The molecule has 0 radical (unpaired) electrons. The summed E-state index contributed by atoms with van der Waals surface area (Å²) >= 11 is 0. The molecule has 7 heteroatoms. The highest BCUT2D eigenvalue weighted by Crippen LogP contribution is 2.23. The van der Waals surface area contributed by atoms with Crippen LogP contribution in [0.25, 0.3) is 16.6 Å². The van der Waals surface area contributed by atoms with Crippen molar-refractivity contribution in [2.45, 2.75) is 27.1 Å². The average molecular weight is 454 g/mol. The van der Waals surface area contributed by atoms with Gasteiger partial charge in [0.1, 0.15) is 30.2 Å². The van der Waals surface area contributed by atoms with Crippen molar-refractivity contribution in [2.24, 2.45) is 0 Å². The lowest BCUT2D eigenvalue weighted by Crippen LogP contribution is -2.06. The van der Waals surface area contributed by atoms with Crippen molar-refractivity contribution >= 4 is 22.6 Å². The van der Waals surface area contributed by atoms with E-state index in [1.54, 1.807) is 18.2 Å². The van der Waals surface area contributed by atoms with E-state index in [0.29, 0.717) is 29.2 Å². The average Bonchev–Trinajstić information content (AvgIpc) is 3.26. The summed E-state index contributed by atoms with van der Waals surface area (Å²) in [6.45, 7) is 4.26. The Kier molecular flexibility index (Phi) is 5.59. The number of benzene rings is 2. The van der Waals surface area contributed by atoms with Gasteiger partial charge in [-0.3, -0.25) is 0 Å². The number of pyridine rings is 1. The molecule has 2 aromatic carbocycles. The third-order valence-corrected chi connectivity index (χ3v) is 5.60. The molecule has 0 aliphatic carbocycles. The summed E-state index contributed by atoms with van der Waals surface area (Å²) in [5, 5.41) is 0.869. The molecule has 0 spiro atoms. The molecule has 0 bridgehead atoms. The second-order valence-electron chi connectivity index (χ2n) is 8.12. The van der Waals surface area contributed by atoms with E-state index in [9.17, 15) is 9.59 Å². The first kappa shape index (κ1) is 21.5. The van der Waals surface area contributed by atoms with Gasteiger partial charge in [-0.25, -0.2) is 14.6 Å². The molecule has 5 aromatic rings. The Morgan fingerprint density at radius 3 is 2.62 bits per heavy atom. The predicted octanol–water partition coefficient (Wildman–Crippen LogP) is 4.99. The van der Waals surface area contributed by atoms with Crippen LogP contribution in [0.1, 0.15) is 32.7 Å². The highest BCUT2D eigenvalue weighted by molar-refractivity contribution is 5.89. The Labute approximate surface area is 195 Å². The maximum absolute atomic E-state index is 12.4. The van der Waals surface area contributed by atoms with Gasteiger partial charge in [-0.2, -0.15) is 0 Å². The molecule has 3 aromatic heterocycles. The molecule has 170 valence electrons. The van der Waals surface area contributed by atoms with Crippen molar-refractivity contribution in [2.75, 3.05) is 0 Å². The molecule has 3 heterocycles. The largest absolute Gasteiger partial charge is 0.489 e. The molecule has 0 atom stereocenters. The van der Waals surface area contributed by atoms with Gasteiger partial charge in [0.2, 0.25) is 0 Å². The standard InChI is InChI=1S/C27H22N2O5/c1-17-4-3-11-29-14-21(28-26(17)29)16-33-27(31)20-7-5-19(6-8-20)15-32-22-9-10-23-18(2)12-25(30)34-24(23)13-22/h3-14H,15-16H2,1-2H3. The maximum Gasteiger partial charge on any atom is 0.338 e. The number of nitrogens with zero attached hydrogens (tertiary/aromatic N) is 2. The number of rotatable bonds is 6. The van der Waals surface area contributed by atoms with Gasteiger partial charge in [0, 0.05) is 29.9 Å². The second-order valence-corrected chi connectivity index (χ2v) is 8.12. The number of carbonyl (C=O) groups excluding carboxylic acids is 1. The van der Waals surface area contributed by atoms with Gasteiger partial charge >= 0.3 is 11.6 Å². The van der Waals surface area contributed by atoms with Crippen LogP contribution in [0.2, 0.25) is 0 Å². The Morgan fingerprint density at radius 1 is 1.00 bits per heavy atom. The van der Waals surface area contributed by atoms with Crippen molar-refractivity contribution in [3.8, 4) is 5.75 Å². The van der Waals surface area contributed by atoms with E-state index >= 15 is 0 Å². The number of aromatic nitrogens is 2. The molecule has 5 rings (SSSR count). The van der Waals surface area contributed by atoms with E-state index < -0.39 is 5.97 Å². The summed E-state index contributed by atoms with van der Waals surface area (Å²) in [6.07, 6.45) is 3.77. The van der Waals surface area contributed by atoms with Crippen LogP contribution in [0.15, 0.2) is 82.3 Å². The zero-order valence-electron chi connectivity index (χ0n) is 18.8. The summed E-state index contributed by atoms with van der Waals surface area (Å²) in [4.78, 5) is 28.6. The van der Waals surface area contributed by atoms with Crippen molar-refractivity contribution in [3.05, 3.63) is 111 Å². The topological polar surface area (TPSA) is 83.0 Å². The van der Waals surface area contributed by atoms with Crippen molar-refractivity contribution < 1.29 is 18.7 Å². The quantitative estimate of drug-likeness (QED) is 0.265. The fraction of sp³-hybridized carbons (Fsp3) is 0.148. The number of aryl methyl sites for hydroxylation is 2. The first-order valence-electron chi connectivity index (χ1n) is 10.8. The summed E-state index contributed by atoms with van der Waals surface area (Å²) in [5.41, 5.74) is 4.89. The van der Waals surface area contributed by atoms with Crippen LogP contribution in [0.4, 0.5) is 0 Å². The molecule has 34 heavy (non-hydrogen) atoms. The molecule has 0 amide bonds. The maximum atomic E-state index is 12.4. The molecule has 0 aliphatic rings. The zero-order chi connectivity index (χ0) is 23.7. The molecule has 0 unspecified atom stereocenters. The number of carbonyl (C=O) groups is 1. The molecule has 0 aliphatic heterocycles. The third kappa shape index (κ3) is 4.41. The van der Waals surface area contributed by atoms with Crippen LogP contribution in [0, 0.1) is 13.8 Å². The zero-order valence-corrected chi connectivity index (χ0v) is 18.8. The summed E-state index contributed by atoms with van der Waals surface area (Å²) < 4.78 is 18.4. The first-order chi connectivity index (χ1) is 16.5. The summed E-state index contributed by atoms with van der Waals surface area (Å²) in [6, 6.07) is 17.9. The summed E-state index contributed by atoms with van der Waals surface area (Å²) in [5.74, 6) is 0.175. The monoisotopic (exact) mass is 454 g/mol. The van der Waals surface area contributed by atoms with E-state index in [1.807, 2.05) is 67.0 Å². The molecular formula is C27H22N2O5. The van der Waals surface area contributed by atoms with Gasteiger partial charge in [-0.05, 0) is 60.9 Å². The lowest BCUT2D eigenvalue weighted by Gasteiger charge is -2.08. The van der Waals surface area contributed by atoms with Crippen LogP contribution < -0.4 is 10.4 Å². The third-order valence-electron chi connectivity index (χ3n) is 5.60. The molecule has 0 N–H and O–H groups in total. The van der Waals surface area contributed by atoms with E-state index in [0.717, 1.165) is 27.7 Å². The minimum Gasteiger partial charge on any atom is -0.489 e. The van der Waals surface area contributed by atoms with E-state index in [-0.39, 0.29) is 12.2 Å². The van der Waals surface area contributed by atoms with Gasteiger partial charge in [-0.15, -0.1) is 0 Å². The Balaban J connectivity index is 1.20. The molecule has 0 saturated heterocycles. The van der Waals surface area contributed by atoms with E-state index in [2.05, 4.69) is 4.98 Å². The van der Waals surface area contributed by atoms with Crippen LogP contribution in [0.5, 0.6) is 5.75 Å². The van der Waals surface area contributed by atoms with Crippen LogP contribution in [0.3, 0.4) is 0 Å². The molecule has 7 nitrogen and oxygen atoms in total. The fourth-order valence-electron chi connectivity index (χ4n) is 3.80. The number of hydrogen-bond donors (Lipinski definition) is 0. The van der Waals surface area contributed by atoms with Crippen molar-refractivity contribution in [3.63, 3.8) is 0 Å². The van der Waals surface area contributed by atoms with Crippen LogP contribution in [-0.2, 0) is 18.0 Å². The Hall–Kier alpha value is -4.39. The highest BCUT2D eigenvalue weighted by atomic mass is 16.5. The number of hydrogen-bond acceptors (Lipinski definition) is 6. The first-order valence-corrected chi connectivity index (χ1v) is 10.8.